The molecule has 0 amide bonds. The van der Waals surface area contributed by atoms with Crippen LogP contribution >= 0.6 is 11.5 Å². The third-order valence-corrected chi connectivity index (χ3v) is 4.83. The first-order valence-electron chi connectivity index (χ1n) is 6.70. The molecule has 1 atom stereocenters. The molecule has 17 heavy (non-hydrogen) atoms. The van der Waals surface area contributed by atoms with Crippen LogP contribution in [-0.2, 0) is 0 Å². The van der Waals surface area contributed by atoms with Crippen molar-refractivity contribution < 1.29 is 0 Å². The van der Waals surface area contributed by atoms with Gasteiger partial charge in [-0.05, 0) is 43.6 Å². The smallest absolute Gasteiger partial charge is 0.142 e. The van der Waals surface area contributed by atoms with Crippen LogP contribution in [0.4, 0.5) is 10.8 Å². The maximum atomic E-state index is 5.80. The van der Waals surface area contributed by atoms with Crippen molar-refractivity contribution >= 4 is 22.4 Å². The summed E-state index contributed by atoms with van der Waals surface area (Å²) in [5, 5.41) is 4.83. The zero-order chi connectivity index (χ0) is 12.3. The Morgan fingerprint density at radius 2 is 2.12 bits per heavy atom. The molecule has 4 heteroatoms. The highest BCUT2D eigenvalue weighted by Gasteiger charge is 2.23. The van der Waals surface area contributed by atoms with Gasteiger partial charge in [-0.25, -0.2) is 0 Å². The molecular formula is C13H23N3S. The van der Waals surface area contributed by atoms with Gasteiger partial charge in [0.15, 0.2) is 0 Å². The van der Waals surface area contributed by atoms with Gasteiger partial charge in [0, 0.05) is 11.6 Å². The minimum absolute atomic E-state index is 0.592. The summed E-state index contributed by atoms with van der Waals surface area (Å²) in [6.07, 6.45) is 8.14. The molecule has 0 saturated heterocycles. The summed E-state index contributed by atoms with van der Waals surface area (Å²) < 4.78 is 4.21. The van der Waals surface area contributed by atoms with Crippen molar-refractivity contribution in [1.29, 1.82) is 0 Å². The standard InChI is InChI=1S/C13H23N3S/c1-3-11(10-7-5-4-6-8-10)15-13-9(2)12(14)16-17-13/h10-11,15H,3-8H2,1-2H3,(H2,14,16). The molecule has 96 valence electrons. The van der Waals surface area contributed by atoms with E-state index in [-0.39, 0.29) is 0 Å². The van der Waals surface area contributed by atoms with Gasteiger partial charge in [0.1, 0.15) is 10.8 Å². The molecule has 0 radical (unpaired) electrons. The average molecular weight is 253 g/mol. The Kier molecular flexibility index (Phi) is 4.26. The van der Waals surface area contributed by atoms with Gasteiger partial charge in [-0.1, -0.05) is 26.2 Å². The number of aromatic nitrogens is 1. The van der Waals surface area contributed by atoms with Crippen LogP contribution in [0, 0.1) is 12.8 Å². The molecule has 2 rings (SSSR count). The molecule has 0 bridgehead atoms. The monoisotopic (exact) mass is 253 g/mol. The molecule has 1 aromatic heterocycles. The maximum Gasteiger partial charge on any atom is 0.142 e. The molecule has 1 heterocycles. The van der Waals surface area contributed by atoms with E-state index in [1.807, 2.05) is 0 Å². The van der Waals surface area contributed by atoms with E-state index in [2.05, 4.69) is 23.5 Å². The highest BCUT2D eigenvalue weighted by molar-refractivity contribution is 7.10. The number of nitrogen functional groups attached to an aromatic ring is 1. The highest BCUT2D eigenvalue weighted by atomic mass is 32.1. The van der Waals surface area contributed by atoms with Crippen LogP contribution < -0.4 is 11.1 Å². The topological polar surface area (TPSA) is 50.9 Å². The minimum atomic E-state index is 0.592. The van der Waals surface area contributed by atoms with Crippen molar-refractivity contribution in [2.75, 3.05) is 11.1 Å². The number of hydrogen-bond acceptors (Lipinski definition) is 4. The highest BCUT2D eigenvalue weighted by Crippen LogP contribution is 2.32. The summed E-state index contributed by atoms with van der Waals surface area (Å²) in [7, 11) is 0. The Labute approximate surface area is 108 Å². The first-order valence-corrected chi connectivity index (χ1v) is 7.48. The van der Waals surface area contributed by atoms with E-state index >= 15 is 0 Å². The average Bonchev–Trinajstić information content (AvgIpc) is 2.68. The lowest BCUT2D eigenvalue weighted by molar-refractivity contribution is 0.313. The first-order chi connectivity index (χ1) is 8.22. The van der Waals surface area contributed by atoms with E-state index in [4.69, 9.17) is 5.73 Å². The predicted molar refractivity (Wildman–Crippen MR) is 75.5 cm³/mol. The van der Waals surface area contributed by atoms with Crippen LogP contribution in [0.15, 0.2) is 0 Å². The zero-order valence-electron chi connectivity index (χ0n) is 10.8. The van der Waals surface area contributed by atoms with Crippen molar-refractivity contribution in [2.45, 2.75) is 58.4 Å². The lowest BCUT2D eigenvalue weighted by atomic mass is 9.83. The summed E-state index contributed by atoms with van der Waals surface area (Å²) in [6.45, 7) is 4.32. The minimum Gasteiger partial charge on any atom is -0.383 e. The van der Waals surface area contributed by atoms with Gasteiger partial charge in [-0.15, -0.1) is 0 Å². The molecule has 0 spiro atoms. The molecule has 0 aliphatic heterocycles. The largest absolute Gasteiger partial charge is 0.383 e. The fourth-order valence-electron chi connectivity index (χ4n) is 2.74. The quantitative estimate of drug-likeness (QED) is 0.858. The van der Waals surface area contributed by atoms with Crippen molar-refractivity contribution in [3.63, 3.8) is 0 Å². The maximum absolute atomic E-state index is 5.80. The summed E-state index contributed by atoms with van der Waals surface area (Å²) in [5.74, 6) is 1.51. The molecule has 1 aliphatic carbocycles. The van der Waals surface area contributed by atoms with Gasteiger partial charge in [0.2, 0.25) is 0 Å². The van der Waals surface area contributed by atoms with Crippen LogP contribution in [0.25, 0.3) is 0 Å². The van der Waals surface area contributed by atoms with Gasteiger partial charge in [-0.2, -0.15) is 4.37 Å². The van der Waals surface area contributed by atoms with E-state index in [1.54, 1.807) is 0 Å². The third kappa shape index (κ3) is 2.92. The molecule has 1 unspecified atom stereocenters. The van der Waals surface area contributed by atoms with Crippen LogP contribution in [0.2, 0.25) is 0 Å². The summed E-state index contributed by atoms with van der Waals surface area (Å²) >= 11 is 1.50. The third-order valence-electron chi connectivity index (χ3n) is 3.94. The van der Waals surface area contributed by atoms with Gasteiger partial charge < -0.3 is 11.1 Å². The number of rotatable bonds is 4. The van der Waals surface area contributed by atoms with E-state index in [1.165, 1.54) is 55.1 Å². The van der Waals surface area contributed by atoms with Gasteiger partial charge in [0.05, 0.1) is 0 Å². The summed E-state index contributed by atoms with van der Waals surface area (Å²) in [5.41, 5.74) is 6.91. The van der Waals surface area contributed by atoms with Crippen molar-refractivity contribution in [2.24, 2.45) is 5.92 Å². The second-order valence-electron chi connectivity index (χ2n) is 5.08. The Balaban J connectivity index is 2.01. The number of nitrogens with two attached hydrogens (primary N) is 1. The summed E-state index contributed by atoms with van der Waals surface area (Å²) in [4.78, 5) is 0. The molecular weight excluding hydrogens is 230 g/mol. The molecule has 1 saturated carbocycles. The molecule has 0 aromatic carbocycles. The predicted octanol–water partition coefficient (Wildman–Crippen LogP) is 3.80. The van der Waals surface area contributed by atoms with Gasteiger partial charge in [-0.3, -0.25) is 0 Å². The number of nitrogens with one attached hydrogen (secondary N) is 1. The van der Waals surface area contributed by atoms with Crippen LogP contribution in [0.3, 0.4) is 0 Å². The zero-order valence-corrected chi connectivity index (χ0v) is 11.6. The van der Waals surface area contributed by atoms with Crippen LogP contribution in [0.5, 0.6) is 0 Å². The second-order valence-corrected chi connectivity index (χ2v) is 5.85. The van der Waals surface area contributed by atoms with E-state index in [0.29, 0.717) is 11.9 Å². The Morgan fingerprint density at radius 3 is 2.65 bits per heavy atom. The molecule has 1 aliphatic rings. The second kappa shape index (κ2) is 5.71. The summed E-state index contributed by atoms with van der Waals surface area (Å²) in [6, 6.07) is 0.592. The SMILES string of the molecule is CCC(Nc1snc(N)c1C)C1CCCCC1. The lowest BCUT2D eigenvalue weighted by Gasteiger charge is -2.30. The Bertz CT molecular complexity index is 356. The van der Waals surface area contributed by atoms with Gasteiger partial charge >= 0.3 is 0 Å². The molecule has 1 fully saturated rings. The van der Waals surface area contributed by atoms with Crippen molar-refractivity contribution in [3.8, 4) is 0 Å². The van der Waals surface area contributed by atoms with Crippen LogP contribution in [-0.4, -0.2) is 10.4 Å². The van der Waals surface area contributed by atoms with E-state index in [9.17, 15) is 0 Å². The van der Waals surface area contributed by atoms with E-state index < -0.39 is 0 Å². The first kappa shape index (κ1) is 12.7. The van der Waals surface area contributed by atoms with Crippen LogP contribution in [0.1, 0.15) is 51.0 Å². The lowest BCUT2D eigenvalue weighted by Crippen LogP contribution is -2.29. The Hall–Kier alpha value is -0.770. The van der Waals surface area contributed by atoms with E-state index in [0.717, 1.165) is 11.5 Å². The number of nitrogens with zero attached hydrogens (tertiary/aromatic N) is 1. The molecule has 1 aromatic rings. The van der Waals surface area contributed by atoms with Crippen molar-refractivity contribution in [1.82, 2.24) is 4.37 Å². The molecule has 3 nitrogen and oxygen atoms in total. The van der Waals surface area contributed by atoms with Crippen molar-refractivity contribution in [3.05, 3.63) is 5.56 Å². The Morgan fingerprint density at radius 1 is 1.41 bits per heavy atom. The fourth-order valence-corrected chi connectivity index (χ4v) is 3.51. The molecule has 3 N–H and O–H groups in total. The fraction of sp³-hybridized carbons (Fsp3) is 0.769. The number of anilines is 2. The normalized spacial score (nSPS) is 19.2. The van der Waals surface area contributed by atoms with Gasteiger partial charge in [0.25, 0.3) is 0 Å². The number of hydrogen-bond donors (Lipinski definition) is 2.